The number of likely N-dealkylation sites (N-methyl/N-ethyl adjacent to an activating group) is 1. The third kappa shape index (κ3) is 7.56. The van der Waals surface area contributed by atoms with Crippen LogP contribution in [-0.4, -0.2) is 51.1 Å². The van der Waals surface area contributed by atoms with Gasteiger partial charge in [0.15, 0.2) is 13.1 Å². The quantitative estimate of drug-likeness (QED) is 0.538. The maximum atomic E-state index is 12.2. The van der Waals surface area contributed by atoms with E-state index in [1.165, 1.54) is 0 Å². The van der Waals surface area contributed by atoms with Crippen LogP contribution >= 0.6 is 0 Å². The zero-order valence-corrected chi connectivity index (χ0v) is 17.7. The molecule has 0 bridgehead atoms. The van der Waals surface area contributed by atoms with E-state index in [0.29, 0.717) is 22.7 Å². The predicted molar refractivity (Wildman–Crippen MR) is 114 cm³/mol. The van der Waals surface area contributed by atoms with E-state index in [2.05, 4.69) is 10.6 Å². The number of amides is 2. The highest BCUT2D eigenvalue weighted by atomic mass is 16.5. The summed E-state index contributed by atoms with van der Waals surface area (Å²) in [7, 11) is 3.32. The Hall–Kier alpha value is -3.39. The van der Waals surface area contributed by atoms with Crippen LogP contribution in [0.5, 0.6) is 5.75 Å². The zero-order chi connectivity index (χ0) is 22.1. The number of quaternary nitrogens is 1. The molecule has 0 aliphatic carbocycles. The van der Waals surface area contributed by atoms with Crippen molar-refractivity contribution in [2.75, 3.05) is 37.9 Å². The van der Waals surface area contributed by atoms with Gasteiger partial charge in [0.05, 0.1) is 25.8 Å². The predicted octanol–water partition coefficient (Wildman–Crippen LogP) is 1.35. The Balaban J connectivity index is 1.81. The van der Waals surface area contributed by atoms with Gasteiger partial charge in [0.25, 0.3) is 11.8 Å². The molecule has 0 heterocycles. The van der Waals surface area contributed by atoms with Gasteiger partial charge in [0, 0.05) is 17.4 Å². The first kappa shape index (κ1) is 22.9. The van der Waals surface area contributed by atoms with E-state index in [-0.39, 0.29) is 31.0 Å². The molecule has 2 amide bonds. The Bertz CT molecular complexity index is 881. The highest BCUT2D eigenvalue weighted by Crippen LogP contribution is 2.16. The summed E-state index contributed by atoms with van der Waals surface area (Å²) in [4.78, 5) is 37.0. The fraction of sp³-hybridized carbons (Fsp3) is 0.318. The second-order valence-electron chi connectivity index (χ2n) is 7.17. The van der Waals surface area contributed by atoms with E-state index in [1.807, 2.05) is 0 Å². The maximum Gasteiger partial charge on any atom is 0.338 e. The van der Waals surface area contributed by atoms with Crippen LogP contribution in [0.2, 0.25) is 0 Å². The molecule has 8 heteroatoms. The average Bonchev–Trinajstić information content (AvgIpc) is 2.67. The number of nitrogens with one attached hydrogen (secondary N) is 3. The number of esters is 1. The van der Waals surface area contributed by atoms with Gasteiger partial charge in [-0.25, -0.2) is 4.79 Å². The smallest absolute Gasteiger partial charge is 0.338 e. The van der Waals surface area contributed by atoms with Crippen molar-refractivity contribution in [3.63, 3.8) is 0 Å². The second-order valence-corrected chi connectivity index (χ2v) is 7.17. The average molecular weight is 414 g/mol. The normalized spacial score (nSPS) is 11.5. The lowest BCUT2D eigenvalue weighted by molar-refractivity contribution is -0.862. The topological polar surface area (TPSA) is 98.2 Å². The number of hydrogen-bond donors (Lipinski definition) is 3. The fourth-order valence-electron chi connectivity index (χ4n) is 2.69. The Kier molecular flexibility index (Phi) is 8.37. The molecule has 1 atom stereocenters. The van der Waals surface area contributed by atoms with Crippen LogP contribution in [0, 0.1) is 0 Å². The molecule has 0 fully saturated rings. The number of carbonyl (C=O) groups excluding carboxylic acids is 3. The standard InChI is InChI=1S/C22H27N3O5/c1-15(2)30-22(28)16-8-10-17(11-9-16)23-20(26)13-25(3)14-21(27)24-18-6-5-7-19(12-18)29-4/h5-12,15H,13-14H2,1-4H3,(H,23,26)(H,24,27)/p+1. The van der Waals surface area contributed by atoms with E-state index in [1.54, 1.807) is 76.5 Å². The Labute approximate surface area is 176 Å². The van der Waals surface area contributed by atoms with Crippen molar-refractivity contribution in [1.29, 1.82) is 0 Å². The number of anilines is 2. The monoisotopic (exact) mass is 414 g/mol. The number of benzene rings is 2. The van der Waals surface area contributed by atoms with Gasteiger partial charge < -0.3 is 25.0 Å². The molecule has 0 saturated carbocycles. The van der Waals surface area contributed by atoms with E-state index in [9.17, 15) is 14.4 Å². The van der Waals surface area contributed by atoms with E-state index in [0.717, 1.165) is 4.90 Å². The summed E-state index contributed by atoms with van der Waals surface area (Å²) >= 11 is 0. The van der Waals surface area contributed by atoms with Crippen LogP contribution < -0.4 is 20.3 Å². The molecule has 2 aromatic rings. The van der Waals surface area contributed by atoms with Gasteiger partial charge in [0.2, 0.25) is 0 Å². The molecule has 0 aliphatic heterocycles. The number of rotatable bonds is 9. The van der Waals surface area contributed by atoms with Crippen molar-refractivity contribution in [3.05, 3.63) is 54.1 Å². The molecule has 0 radical (unpaired) electrons. The molecule has 160 valence electrons. The van der Waals surface area contributed by atoms with Gasteiger partial charge in [-0.2, -0.15) is 0 Å². The van der Waals surface area contributed by atoms with Gasteiger partial charge in [-0.05, 0) is 50.2 Å². The Morgan fingerprint density at radius 3 is 2.10 bits per heavy atom. The van der Waals surface area contributed by atoms with Crippen molar-refractivity contribution in [2.45, 2.75) is 20.0 Å². The van der Waals surface area contributed by atoms with Gasteiger partial charge in [-0.1, -0.05) is 6.07 Å². The third-order valence-electron chi connectivity index (χ3n) is 4.03. The number of methoxy groups -OCH3 is 1. The molecule has 8 nitrogen and oxygen atoms in total. The first-order valence-electron chi connectivity index (χ1n) is 9.63. The van der Waals surface area contributed by atoms with Crippen molar-refractivity contribution in [3.8, 4) is 5.75 Å². The Morgan fingerprint density at radius 1 is 0.933 bits per heavy atom. The highest BCUT2D eigenvalue weighted by molar-refractivity contribution is 5.94. The molecule has 0 aromatic heterocycles. The lowest BCUT2D eigenvalue weighted by Gasteiger charge is -2.14. The minimum absolute atomic E-state index is 0.114. The summed E-state index contributed by atoms with van der Waals surface area (Å²) < 4.78 is 10.3. The van der Waals surface area contributed by atoms with Crippen LogP contribution in [0.25, 0.3) is 0 Å². The van der Waals surface area contributed by atoms with Crippen LogP contribution in [0.3, 0.4) is 0 Å². The van der Waals surface area contributed by atoms with Crippen LogP contribution in [-0.2, 0) is 14.3 Å². The van der Waals surface area contributed by atoms with Crippen LogP contribution in [0.1, 0.15) is 24.2 Å². The lowest BCUT2D eigenvalue weighted by Crippen LogP contribution is -3.11. The molecule has 2 rings (SSSR count). The minimum Gasteiger partial charge on any atom is -0.497 e. The molecule has 2 aromatic carbocycles. The molecule has 0 spiro atoms. The first-order chi connectivity index (χ1) is 14.3. The molecule has 1 unspecified atom stereocenters. The summed E-state index contributed by atoms with van der Waals surface area (Å²) in [5, 5.41) is 5.54. The zero-order valence-electron chi connectivity index (χ0n) is 17.7. The molecule has 30 heavy (non-hydrogen) atoms. The fourth-order valence-corrected chi connectivity index (χ4v) is 2.69. The van der Waals surface area contributed by atoms with Gasteiger partial charge >= 0.3 is 5.97 Å². The molecule has 3 N–H and O–H groups in total. The Morgan fingerprint density at radius 2 is 1.53 bits per heavy atom. The summed E-state index contributed by atoms with van der Waals surface area (Å²) in [5.41, 5.74) is 1.61. The van der Waals surface area contributed by atoms with Gasteiger partial charge in [0.1, 0.15) is 5.75 Å². The number of hydrogen-bond acceptors (Lipinski definition) is 5. The van der Waals surface area contributed by atoms with Crippen molar-refractivity contribution in [2.24, 2.45) is 0 Å². The first-order valence-corrected chi connectivity index (χ1v) is 9.63. The SMILES string of the molecule is COc1cccc(NC(=O)C[NH+](C)CC(=O)Nc2ccc(C(=O)OC(C)C)cc2)c1. The summed E-state index contributed by atoms with van der Waals surface area (Å²) in [6.07, 6.45) is -0.198. The molecular formula is C22H28N3O5+. The van der Waals surface area contributed by atoms with Crippen molar-refractivity contribution in [1.82, 2.24) is 0 Å². The molecular weight excluding hydrogens is 386 g/mol. The lowest BCUT2D eigenvalue weighted by atomic mass is 10.2. The molecule has 0 saturated heterocycles. The minimum atomic E-state index is -0.408. The van der Waals surface area contributed by atoms with E-state index < -0.39 is 5.97 Å². The maximum absolute atomic E-state index is 12.2. The molecule has 0 aliphatic rings. The van der Waals surface area contributed by atoms with Crippen molar-refractivity contribution >= 4 is 29.2 Å². The third-order valence-corrected chi connectivity index (χ3v) is 4.03. The van der Waals surface area contributed by atoms with Crippen molar-refractivity contribution < 1.29 is 28.8 Å². The van der Waals surface area contributed by atoms with Crippen LogP contribution in [0.4, 0.5) is 11.4 Å². The number of carbonyl (C=O) groups is 3. The summed E-state index contributed by atoms with van der Waals surface area (Å²) in [6.45, 7) is 3.80. The largest absolute Gasteiger partial charge is 0.497 e. The summed E-state index contributed by atoms with van der Waals surface area (Å²) in [5.74, 6) is -0.203. The van der Waals surface area contributed by atoms with Gasteiger partial charge in [-0.3, -0.25) is 9.59 Å². The summed E-state index contributed by atoms with van der Waals surface area (Å²) in [6, 6.07) is 13.5. The van der Waals surface area contributed by atoms with Gasteiger partial charge in [-0.15, -0.1) is 0 Å². The highest BCUT2D eigenvalue weighted by Gasteiger charge is 2.15. The van der Waals surface area contributed by atoms with E-state index >= 15 is 0 Å². The number of ether oxygens (including phenoxy) is 2. The van der Waals surface area contributed by atoms with Crippen LogP contribution in [0.15, 0.2) is 48.5 Å². The second kappa shape index (κ2) is 11.0. The van der Waals surface area contributed by atoms with E-state index in [4.69, 9.17) is 9.47 Å².